The Hall–Kier alpha value is -1.46. The first-order valence-corrected chi connectivity index (χ1v) is 5.91. The second kappa shape index (κ2) is 3.54. The van der Waals surface area contributed by atoms with E-state index in [0.29, 0.717) is 0 Å². The smallest absolute Gasteiger partial charge is 0.314 e. The Morgan fingerprint density at radius 2 is 1.75 bits per heavy atom. The SMILES string of the molecule is O=C1NC2NC(=O)N(C3CCCCC3)C2N1. The van der Waals surface area contributed by atoms with Crippen molar-refractivity contribution < 1.29 is 9.59 Å². The maximum Gasteiger partial charge on any atom is 0.321 e. The highest BCUT2D eigenvalue weighted by atomic mass is 16.2. The van der Waals surface area contributed by atoms with Crippen molar-refractivity contribution in [3.8, 4) is 0 Å². The molecule has 0 aromatic heterocycles. The monoisotopic (exact) mass is 224 g/mol. The quantitative estimate of drug-likeness (QED) is 0.599. The van der Waals surface area contributed by atoms with Crippen LogP contribution in [0.1, 0.15) is 32.1 Å². The molecule has 2 atom stereocenters. The second-order valence-electron chi connectivity index (χ2n) is 4.69. The molecular weight excluding hydrogens is 208 g/mol. The number of nitrogens with one attached hydrogen (secondary N) is 3. The molecule has 2 heterocycles. The third kappa shape index (κ3) is 1.40. The molecule has 0 aromatic rings. The highest BCUT2D eigenvalue weighted by Gasteiger charge is 2.48. The lowest BCUT2D eigenvalue weighted by Crippen LogP contribution is -2.49. The normalized spacial score (nSPS) is 34.4. The third-order valence-corrected chi connectivity index (χ3v) is 3.66. The summed E-state index contributed by atoms with van der Waals surface area (Å²) in [5.41, 5.74) is 0. The van der Waals surface area contributed by atoms with Gasteiger partial charge < -0.3 is 16.0 Å². The molecule has 2 unspecified atom stereocenters. The molecule has 2 saturated heterocycles. The lowest BCUT2D eigenvalue weighted by Gasteiger charge is -2.33. The first-order chi connectivity index (χ1) is 7.75. The Labute approximate surface area is 93.7 Å². The van der Waals surface area contributed by atoms with E-state index in [2.05, 4.69) is 16.0 Å². The van der Waals surface area contributed by atoms with E-state index in [1.165, 1.54) is 19.3 Å². The van der Waals surface area contributed by atoms with Gasteiger partial charge in [-0.1, -0.05) is 19.3 Å². The number of nitrogens with zero attached hydrogens (tertiary/aromatic N) is 1. The van der Waals surface area contributed by atoms with E-state index in [1.807, 2.05) is 4.90 Å². The molecule has 4 amide bonds. The summed E-state index contributed by atoms with van der Waals surface area (Å²) in [6.45, 7) is 0. The highest BCUT2D eigenvalue weighted by Crippen LogP contribution is 2.27. The fourth-order valence-electron chi connectivity index (χ4n) is 2.91. The average Bonchev–Trinajstić information content (AvgIpc) is 2.74. The minimum absolute atomic E-state index is 0.0607. The predicted octanol–water partition coefficient (Wildman–Crippen LogP) is 0.309. The molecule has 1 saturated carbocycles. The van der Waals surface area contributed by atoms with Crippen molar-refractivity contribution in [2.75, 3.05) is 0 Å². The molecule has 1 aliphatic carbocycles. The van der Waals surface area contributed by atoms with Crippen molar-refractivity contribution in [2.24, 2.45) is 0 Å². The minimum Gasteiger partial charge on any atom is -0.314 e. The Morgan fingerprint density at radius 1 is 1.00 bits per heavy atom. The molecule has 2 aliphatic heterocycles. The van der Waals surface area contributed by atoms with Crippen molar-refractivity contribution in [1.29, 1.82) is 0 Å². The van der Waals surface area contributed by atoms with Crippen LogP contribution in [0.5, 0.6) is 0 Å². The van der Waals surface area contributed by atoms with Crippen molar-refractivity contribution in [3.05, 3.63) is 0 Å². The van der Waals surface area contributed by atoms with Crippen LogP contribution in [0.2, 0.25) is 0 Å². The van der Waals surface area contributed by atoms with Crippen LogP contribution in [-0.4, -0.2) is 35.3 Å². The highest BCUT2D eigenvalue weighted by molar-refractivity contribution is 5.85. The van der Waals surface area contributed by atoms with Crippen molar-refractivity contribution in [2.45, 2.75) is 50.5 Å². The molecule has 3 rings (SSSR count). The number of hydrogen-bond acceptors (Lipinski definition) is 2. The zero-order valence-corrected chi connectivity index (χ0v) is 9.03. The van der Waals surface area contributed by atoms with E-state index in [-0.39, 0.29) is 30.4 Å². The number of rotatable bonds is 1. The van der Waals surface area contributed by atoms with Crippen molar-refractivity contribution in [3.63, 3.8) is 0 Å². The number of carbonyl (C=O) groups excluding carboxylic acids is 2. The number of fused-ring (bicyclic) bond motifs is 1. The summed E-state index contributed by atoms with van der Waals surface area (Å²) in [6.07, 6.45) is 5.23. The molecule has 3 N–H and O–H groups in total. The van der Waals surface area contributed by atoms with Gasteiger partial charge in [0, 0.05) is 6.04 Å². The number of urea groups is 2. The maximum atomic E-state index is 11.8. The molecule has 0 bridgehead atoms. The second-order valence-corrected chi connectivity index (χ2v) is 4.69. The molecule has 16 heavy (non-hydrogen) atoms. The van der Waals surface area contributed by atoms with E-state index < -0.39 is 0 Å². The predicted molar refractivity (Wildman–Crippen MR) is 56.5 cm³/mol. The number of hydrogen-bond donors (Lipinski definition) is 3. The lowest BCUT2D eigenvalue weighted by molar-refractivity contribution is 0.143. The van der Waals surface area contributed by atoms with Crippen molar-refractivity contribution >= 4 is 12.1 Å². The molecule has 88 valence electrons. The van der Waals surface area contributed by atoms with Gasteiger partial charge in [0.05, 0.1) is 0 Å². The van der Waals surface area contributed by atoms with Crippen LogP contribution in [0.3, 0.4) is 0 Å². The largest absolute Gasteiger partial charge is 0.321 e. The van der Waals surface area contributed by atoms with Crippen molar-refractivity contribution in [1.82, 2.24) is 20.9 Å². The fraction of sp³-hybridized carbons (Fsp3) is 0.800. The third-order valence-electron chi connectivity index (χ3n) is 3.66. The Bertz CT molecular complexity index is 327. The molecular formula is C10H16N4O2. The van der Waals surface area contributed by atoms with Gasteiger partial charge in [-0.2, -0.15) is 0 Å². The van der Waals surface area contributed by atoms with Crippen LogP contribution in [0.4, 0.5) is 9.59 Å². The van der Waals surface area contributed by atoms with Gasteiger partial charge in [0.15, 0.2) is 0 Å². The van der Waals surface area contributed by atoms with Gasteiger partial charge in [-0.25, -0.2) is 9.59 Å². The maximum absolute atomic E-state index is 11.8. The van der Waals surface area contributed by atoms with E-state index in [9.17, 15) is 9.59 Å². The zero-order chi connectivity index (χ0) is 11.1. The molecule has 0 spiro atoms. The summed E-state index contributed by atoms with van der Waals surface area (Å²) in [5.74, 6) is 0. The van der Waals surface area contributed by atoms with Gasteiger partial charge in [0.1, 0.15) is 12.3 Å². The van der Waals surface area contributed by atoms with E-state index in [1.54, 1.807) is 0 Å². The standard InChI is InChI=1S/C10H16N4O2/c15-9-11-7-8(13-9)14(10(16)12-7)6-4-2-1-3-5-6/h6-8H,1-5H2,(H,12,16)(H2,11,13,15). The fourth-order valence-corrected chi connectivity index (χ4v) is 2.91. The summed E-state index contributed by atoms with van der Waals surface area (Å²) in [7, 11) is 0. The van der Waals surface area contributed by atoms with Gasteiger partial charge in [-0.05, 0) is 12.8 Å². The van der Waals surface area contributed by atoms with Gasteiger partial charge in [0.25, 0.3) is 0 Å². The summed E-state index contributed by atoms with van der Waals surface area (Å²) >= 11 is 0. The van der Waals surface area contributed by atoms with E-state index >= 15 is 0 Å². The summed E-state index contributed by atoms with van der Waals surface area (Å²) < 4.78 is 0. The van der Waals surface area contributed by atoms with Gasteiger partial charge >= 0.3 is 12.1 Å². The van der Waals surface area contributed by atoms with Crippen LogP contribution < -0.4 is 16.0 Å². The molecule has 3 aliphatic rings. The number of amides is 4. The molecule has 6 heteroatoms. The Morgan fingerprint density at radius 3 is 2.50 bits per heavy atom. The molecule has 6 nitrogen and oxygen atoms in total. The first kappa shape index (κ1) is 9.74. The summed E-state index contributed by atoms with van der Waals surface area (Å²) in [5, 5.41) is 8.26. The van der Waals surface area contributed by atoms with Crippen LogP contribution in [-0.2, 0) is 0 Å². The minimum atomic E-state index is -0.262. The van der Waals surface area contributed by atoms with E-state index in [4.69, 9.17) is 0 Å². The summed E-state index contributed by atoms with van der Waals surface area (Å²) in [6, 6.07) is 0.0224. The average molecular weight is 224 g/mol. The lowest BCUT2D eigenvalue weighted by atomic mass is 9.94. The molecule has 0 aromatic carbocycles. The van der Waals surface area contributed by atoms with Gasteiger partial charge in [0.2, 0.25) is 0 Å². The van der Waals surface area contributed by atoms with E-state index in [0.717, 1.165) is 12.8 Å². The van der Waals surface area contributed by atoms with Gasteiger partial charge in [-0.15, -0.1) is 0 Å². The van der Waals surface area contributed by atoms with Crippen LogP contribution in [0, 0.1) is 0 Å². The Balaban J connectivity index is 1.77. The first-order valence-electron chi connectivity index (χ1n) is 5.91. The molecule has 0 radical (unpaired) electrons. The van der Waals surface area contributed by atoms with Crippen LogP contribution in [0.25, 0.3) is 0 Å². The number of carbonyl (C=O) groups is 2. The van der Waals surface area contributed by atoms with Crippen LogP contribution >= 0.6 is 0 Å². The Kier molecular flexibility index (Phi) is 2.15. The van der Waals surface area contributed by atoms with Gasteiger partial charge in [-0.3, -0.25) is 4.90 Å². The zero-order valence-electron chi connectivity index (χ0n) is 9.03. The molecule has 3 fully saturated rings. The summed E-state index contributed by atoms with van der Waals surface area (Å²) in [4.78, 5) is 24.8. The van der Waals surface area contributed by atoms with Crippen LogP contribution in [0.15, 0.2) is 0 Å². The topological polar surface area (TPSA) is 73.5 Å².